The number of aromatic nitrogens is 1. The molecule has 29 heavy (non-hydrogen) atoms. The molecule has 1 saturated heterocycles. The molecule has 1 aromatic heterocycles. The van der Waals surface area contributed by atoms with E-state index in [4.69, 9.17) is 9.47 Å². The van der Waals surface area contributed by atoms with E-state index in [1.165, 1.54) is 6.92 Å². The Labute approximate surface area is 173 Å². The molecule has 0 spiro atoms. The minimum Gasteiger partial charge on any atom is -0.489 e. The van der Waals surface area contributed by atoms with Gasteiger partial charge in [-0.15, -0.1) is 0 Å². The van der Waals surface area contributed by atoms with Crippen molar-refractivity contribution >= 4 is 28.1 Å². The molecule has 1 fully saturated rings. The number of ether oxygens (including phenoxy) is 2. The molecule has 7 nitrogen and oxygen atoms in total. The number of thioether (sulfide) groups is 1. The highest BCUT2D eigenvalue weighted by atomic mass is 32.2. The lowest BCUT2D eigenvalue weighted by atomic mass is 10.1. The van der Waals surface area contributed by atoms with Gasteiger partial charge in [0.15, 0.2) is 6.10 Å². The van der Waals surface area contributed by atoms with Gasteiger partial charge in [-0.1, -0.05) is 25.1 Å². The Bertz CT molecular complexity index is 883. The van der Waals surface area contributed by atoms with Gasteiger partial charge in [0.2, 0.25) is 5.12 Å². The number of hydrogen-bond donors (Lipinski definition) is 1. The highest BCUT2D eigenvalue weighted by Crippen LogP contribution is 2.22. The van der Waals surface area contributed by atoms with Gasteiger partial charge in [0, 0.05) is 31.3 Å². The number of aryl methyl sites for hydroxylation is 1. The monoisotopic (exact) mass is 414 g/mol. The quantitative estimate of drug-likeness (QED) is 0.663. The van der Waals surface area contributed by atoms with Crippen molar-refractivity contribution in [3.05, 3.63) is 59.4 Å². The van der Waals surface area contributed by atoms with Crippen molar-refractivity contribution in [2.24, 2.45) is 0 Å². The summed E-state index contributed by atoms with van der Waals surface area (Å²) in [6.45, 7) is 3.52. The topological polar surface area (TPSA) is 94.6 Å². The fraction of sp³-hybridized carbons (Fsp3) is 0.333. The van der Waals surface area contributed by atoms with Crippen LogP contribution < -0.4 is 10.1 Å². The molecule has 1 aliphatic rings. The van der Waals surface area contributed by atoms with E-state index in [2.05, 4.69) is 10.3 Å². The maximum absolute atomic E-state index is 11.7. The van der Waals surface area contributed by atoms with Crippen LogP contribution in [0.15, 0.2) is 42.6 Å². The average molecular weight is 414 g/mol. The van der Waals surface area contributed by atoms with E-state index in [9.17, 15) is 14.4 Å². The standard InChI is InChI=1S/C21H22N2O5S/c1-3-14-6-9-17(22-11-14)19(28-13(2)24)12-27-16-7-4-15(5-8-16)10-18-20(25)29-21(26)23-18/h4-9,11,18-19H,3,10,12H2,1-2H3,(H,23,26). The highest BCUT2D eigenvalue weighted by molar-refractivity contribution is 8.26. The first kappa shape index (κ1) is 20.9. The van der Waals surface area contributed by atoms with Crippen molar-refractivity contribution in [3.63, 3.8) is 0 Å². The highest BCUT2D eigenvalue weighted by Gasteiger charge is 2.31. The lowest BCUT2D eigenvalue weighted by molar-refractivity contribution is -0.148. The van der Waals surface area contributed by atoms with Crippen LogP contribution in [0.5, 0.6) is 5.75 Å². The van der Waals surface area contributed by atoms with Gasteiger partial charge in [-0.2, -0.15) is 0 Å². The molecule has 0 radical (unpaired) electrons. The number of nitrogens with zero attached hydrogens (tertiary/aromatic N) is 1. The third kappa shape index (κ3) is 5.80. The number of nitrogens with one attached hydrogen (secondary N) is 1. The largest absolute Gasteiger partial charge is 0.489 e. The molecule has 3 rings (SSSR count). The lowest BCUT2D eigenvalue weighted by Gasteiger charge is -2.18. The molecule has 8 heteroatoms. The summed E-state index contributed by atoms with van der Waals surface area (Å²) in [5.41, 5.74) is 2.64. The van der Waals surface area contributed by atoms with Crippen LogP contribution in [0.25, 0.3) is 0 Å². The van der Waals surface area contributed by atoms with Crippen molar-refractivity contribution in [2.75, 3.05) is 6.61 Å². The number of esters is 1. The minimum atomic E-state index is -0.610. The van der Waals surface area contributed by atoms with Crippen LogP contribution in [0.2, 0.25) is 0 Å². The Morgan fingerprint density at radius 2 is 1.90 bits per heavy atom. The fourth-order valence-corrected chi connectivity index (χ4v) is 3.54. The second kappa shape index (κ2) is 9.56. The molecule has 2 atom stereocenters. The molecule has 0 aliphatic carbocycles. The van der Waals surface area contributed by atoms with Crippen LogP contribution in [0, 0.1) is 0 Å². The molecule has 0 bridgehead atoms. The molecule has 2 heterocycles. The molecular weight excluding hydrogens is 392 g/mol. The Morgan fingerprint density at radius 3 is 2.45 bits per heavy atom. The first-order chi connectivity index (χ1) is 13.9. The number of rotatable bonds is 8. The Kier molecular flexibility index (Phi) is 6.87. The van der Waals surface area contributed by atoms with E-state index in [0.29, 0.717) is 29.6 Å². The first-order valence-corrected chi connectivity index (χ1v) is 10.1. The number of carbonyl (C=O) groups is 3. The van der Waals surface area contributed by atoms with Gasteiger partial charge in [0.05, 0.1) is 5.69 Å². The SMILES string of the molecule is CCc1ccc(C(COc2ccc(CC3NC(=O)SC3=O)cc2)OC(C)=O)nc1. The molecule has 2 aromatic rings. The smallest absolute Gasteiger partial charge is 0.303 e. The van der Waals surface area contributed by atoms with E-state index in [1.54, 1.807) is 18.3 Å². The predicted molar refractivity (Wildman–Crippen MR) is 109 cm³/mol. The predicted octanol–water partition coefficient (Wildman–Crippen LogP) is 3.22. The zero-order valence-electron chi connectivity index (χ0n) is 16.2. The summed E-state index contributed by atoms with van der Waals surface area (Å²) < 4.78 is 11.1. The van der Waals surface area contributed by atoms with E-state index >= 15 is 0 Å². The van der Waals surface area contributed by atoms with E-state index in [0.717, 1.165) is 17.5 Å². The minimum absolute atomic E-state index is 0.130. The van der Waals surface area contributed by atoms with Crippen molar-refractivity contribution in [3.8, 4) is 5.75 Å². The van der Waals surface area contributed by atoms with Crippen LogP contribution >= 0.6 is 11.8 Å². The molecule has 1 aromatic carbocycles. The summed E-state index contributed by atoms with van der Waals surface area (Å²) >= 11 is 0.706. The van der Waals surface area contributed by atoms with Gasteiger partial charge in [0.25, 0.3) is 5.24 Å². The van der Waals surface area contributed by atoms with Gasteiger partial charge in [-0.3, -0.25) is 19.4 Å². The summed E-state index contributed by atoms with van der Waals surface area (Å²) in [7, 11) is 0. The number of amides is 1. The fourth-order valence-electron chi connectivity index (χ4n) is 2.87. The number of hydrogen-bond acceptors (Lipinski definition) is 7. The average Bonchev–Trinajstić information content (AvgIpc) is 3.03. The Hall–Kier alpha value is -2.87. The Morgan fingerprint density at radius 1 is 1.17 bits per heavy atom. The number of benzene rings is 1. The van der Waals surface area contributed by atoms with Crippen molar-refractivity contribution < 1.29 is 23.9 Å². The summed E-state index contributed by atoms with van der Waals surface area (Å²) in [5, 5.41) is 2.17. The van der Waals surface area contributed by atoms with Gasteiger partial charge in [0.1, 0.15) is 18.4 Å². The Balaban J connectivity index is 1.60. The normalized spacial score (nSPS) is 17.0. The van der Waals surface area contributed by atoms with Crippen LogP contribution in [-0.4, -0.2) is 34.0 Å². The van der Waals surface area contributed by atoms with E-state index < -0.39 is 18.1 Å². The summed E-state index contributed by atoms with van der Waals surface area (Å²) in [4.78, 5) is 38.8. The molecule has 1 N–H and O–H groups in total. The van der Waals surface area contributed by atoms with Crippen LogP contribution in [0.3, 0.4) is 0 Å². The number of carbonyl (C=O) groups excluding carboxylic acids is 3. The second-order valence-electron chi connectivity index (χ2n) is 6.61. The van der Waals surface area contributed by atoms with Gasteiger partial charge in [-0.05, 0) is 35.7 Å². The van der Waals surface area contributed by atoms with Crippen molar-refractivity contribution in [1.82, 2.24) is 10.3 Å². The third-order valence-electron chi connectivity index (χ3n) is 4.43. The van der Waals surface area contributed by atoms with Crippen LogP contribution in [0.4, 0.5) is 4.79 Å². The maximum Gasteiger partial charge on any atom is 0.303 e. The molecule has 152 valence electrons. The van der Waals surface area contributed by atoms with Crippen LogP contribution in [0.1, 0.15) is 36.8 Å². The molecule has 2 unspecified atom stereocenters. The molecule has 1 amide bonds. The lowest BCUT2D eigenvalue weighted by Crippen LogP contribution is -2.30. The van der Waals surface area contributed by atoms with E-state index in [1.807, 2.05) is 31.2 Å². The van der Waals surface area contributed by atoms with Crippen LogP contribution in [-0.2, 0) is 27.2 Å². The molecular formula is C21H22N2O5S. The van der Waals surface area contributed by atoms with E-state index in [-0.39, 0.29) is 17.0 Å². The second-order valence-corrected chi connectivity index (χ2v) is 7.58. The zero-order valence-corrected chi connectivity index (χ0v) is 17.0. The molecule has 0 saturated carbocycles. The first-order valence-electron chi connectivity index (χ1n) is 9.30. The summed E-state index contributed by atoms with van der Waals surface area (Å²) in [6, 6.07) is 10.5. The van der Waals surface area contributed by atoms with Gasteiger partial charge in [-0.25, -0.2) is 0 Å². The van der Waals surface area contributed by atoms with Gasteiger partial charge >= 0.3 is 5.97 Å². The van der Waals surface area contributed by atoms with Crippen molar-refractivity contribution in [2.45, 2.75) is 38.8 Å². The number of pyridine rings is 1. The zero-order chi connectivity index (χ0) is 20.8. The summed E-state index contributed by atoms with van der Waals surface area (Å²) in [5.74, 6) is 0.198. The molecule has 1 aliphatic heterocycles. The van der Waals surface area contributed by atoms with Crippen molar-refractivity contribution in [1.29, 1.82) is 0 Å². The maximum atomic E-state index is 11.7. The third-order valence-corrected chi connectivity index (χ3v) is 5.22. The summed E-state index contributed by atoms with van der Waals surface area (Å²) in [6.07, 6.45) is 2.47. The van der Waals surface area contributed by atoms with Gasteiger partial charge < -0.3 is 14.8 Å².